The number of para-hydroxylation sites is 2. The lowest BCUT2D eigenvalue weighted by molar-refractivity contribution is 0.271. The molecular weight excluding hydrogens is 236 g/mol. The minimum Gasteiger partial charge on any atom is -0.491 e. The number of benzene rings is 1. The van der Waals surface area contributed by atoms with E-state index in [0.29, 0.717) is 6.04 Å². The molecule has 1 atom stereocenters. The highest BCUT2D eigenvalue weighted by Crippen LogP contribution is 2.33. The maximum atomic E-state index is 5.82. The Bertz CT molecular complexity index is 417. The van der Waals surface area contributed by atoms with Crippen LogP contribution in [0.5, 0.6) is 5.75 Å². The average molecular weight is 262 g/mol. The molecule has 0 fully saturated rings. The molecule has 0 bridgehead atoms. The molecule has 19 heavy (non-hydrogen) atoms. The molecule has 0 spiro atoms. The molecule has 3 nitrogen and oxygen atoms in total. The van der Waals surface area contributed by atoms with E-state index >= 15 is 0 Å². The van der Waals surface area contributed by atoms with Gasteiger partial charge >= 0.3 is 0 Å². The Hall–Kier alpha value is -1.22. The van der Waals surface area contributed by atoms with Crippen molar-refractivity contribution in [2.75, 3.05) is 31.6 Å². The topological polar surface area (TPSA) is 24.5 Å². The highest BCUT2D eigenvalue weighted by molar-refractivity contribution is 5.59. The van der Waals surface area contributed by atoms with E-state index in [4.69, 9.17) is 4.74 Å². The van der Waals surface area contributed by atoms with Crippen LogP contribution in [0.2, 0.25) is 0 Å². The Morgan fingerprint density at radius 3 is 2.84 bits per heavy atom. The number of ether oxygens (including phenoxy) is 1. The van der Waals surface area contributed by atoms with E-state index in [0.717, 1.165) is 31.9 Å². The third kappa shape index (κ3) is 3.21. The predicted octanol–water partition coefficient (Wildman–Crippen LogP) is 2.91. The number of hydrogen-bond donors (Lipinski definition) is 1. The van der Waals surface area contributed by atoms with Crippen molar-refractivity contribution in [1.82, 2.24) is 5.32 Å². The molecule has 0 radical (unpaired) electrons. The monoisotopic (exact) mass is 262 g/mol. The molecule has 0 aliphatic carbocycles. The fraction of sp³-hybridized carbons (Fsp3) is 0.625. The van der Waals surface area contributed by atoms with Crippen molar-refractivity contribution in [3.63, 3.8) is 0 Å². The Morgan fingerprint density at radius 1 is 1.37 bits per heavy atom. The van der Waals surface area contributed by atoms with Crippen molar-refractivity contribution in [2.45, 2.75) is 33.2 Å². The van der Waals surface area contributed by atoms with Crippen LogP contribution in [0.25, 0.3) is 0 Å². The van der Waals surface area contributed by atoms with Crippen LogP contribution in [-0.4, -0.2) is 32.8 Å². The summed E-state index contributed by atoms with van der Waals surface area (Å²) >= 11 is 0. The Morgan fingerprint density at radius 2 is 2.11 bits per heavy atom. The number of rotatable bonds is 4. The average Bonchev–Trinajstić information content (AvgIpc) is 2.60. The van der Waals surface area contributed by atoms with Gasteiger partial charge in [-0.15, -0.1) is 0 Å². The van der Waals surface area contributed by atoms with Gasteiger partial charge in [-0.2, -0.15) is 0 Å². The van der Waals surface area contributed by atoms with Gasteiger partial charge in [0.05, 0.1) is 12.3 Å². The maximum absolute atomic E-state index is 5.82. The predicted molar refractivity (Wildman–Crippen MR) is 81.1 cm³/mol. The molecule has 2 rings (SSSR count). The van der Waals surface area contributed by atoms with E-state index in [1.807, 2.05) is 13.1 Å². The van der Waals surface area contributed by atoms with Crippen LogP contribution in [-0.2, 0) is 0 Å². The quantitative estimate of drug-likeness (QED) is 0.903. The summed E-state index contributed by atoms with van der Waals surface area (Å²) in [5.41, 5.74) is 1.45. The van der Waals surface area contributed by atoms with Crippen molar-refractivity contribution in [3.8, 4) is 5.75 Å². The summed E-state index contributed by atoms with van der Waals surface area (Å²) in [5, 5.41) is 3.38. The number of fused-ring (bicyclic) bond motifs is 1. The second-order valence-corrected chi connectivity index (χ2v) is 6.09. The molecule has 0 aromatic heterocycles. The number of anilines is 1. The summed E-state index contributed by atoms with van der Waals surface area (Å²) in [5.74, 6) is 1.02. The second-order valence-electron chi connectivity index (χ2n) is 6.09. The summed E-state index contributed by atoms with van der Waals surface area (Å²) in [6.45, 7) is 9.81. The largest absolute Gasteiger partial charge is 0.491 e. The fourth-order valence-electron chi connectivity index (χ4n) is 2.58. The van der Waals surface area contributed by atoms with Crippen LogP contribution < -0.4 is 15.0 Å². The fourth-order valence-corrected chi connectivity index (χ4v) is 2.58. The molecule has 1 aliphatic rings. The van der Waals surface area contributed by atoms with Gasteiger partial charge in [0.15, 0.2) is 0 Å². The first-order chi connectivity index (χ1) is 9.04. The van der Waals surface area contributed by atoms with Gasteiger partial charge < -0.3 is 15.0 Å². The van der Waals surface area contributed by atoms with Crippen LogP contribution in [0.15, 0.2) is 24.3 Å². The van der Waals surface area contributed by atoms with Crippen molar-refractivity contribution < 1.29 is 4.74 Å². The standard InChI is InChI=1S/C16H26N2O/c1-13(17-4)16(2,3)12-18-10-7-11-19-15-9-6-5-8-14(15)18/h5-6,8-9,13,17H,7,10-12H2,1-4H3. The van der Waals surface area contributed by atoms with Gasteiger partial charge in [-0.05, 0) is 37.9 Å². The van der Waals surface area contributed by atoms with Crippen LogP contribution >= 0.6 is 0 Å². The van der Waals surface area contributed by atoms with E-state index < -0.39 is 0 Å². The van der Waals surface area contributed by atoms with Gasteiger partial charge in [0.1, 0.15) is 5.75 Å². The molecular formula is C16H26N2O. The molecule has 0 saturated heterocycles. The summed E-state index contributed by atoms with van der Waals surface area (Å²) in [7, 11) is 2.03. The zero-order chi connectivity index (χ0) is 13.9. The molecule has 1 aromatic rings. The van der Waals surface area contributed by atoms with E-state index in [1.54, 1.807) is 0 Å². The highest BCUT2D eigenvalue weighted by atomic mass is 16.5. The Kier molecular flexibility index (Phi) is 4.35. The van der Waals surface area contributed by atoms with Crippen LogP contribution in [0, 0.1) is 5.41 Å². The molecule has 106 valence electrons. The summed E-state index contributed by atoms with van der Waals surface area (Å²) in [4.78, 5) is 2.47. The highest BCUT2D eigenvalue weighted by Gasteiger charge is 2.29. The lowest BCUT2D eigenvalue weighted by Gasteiger charge is -2.37. The van der Waals surface area contributed by atoms with Crippen molar-refractivity contribution in [1.29, 1.82) is 0 Å². The number of nitrogens with one attached hydrogen (secondary N) is 1. The molecule has 3 heteroatoms. The van der Waals surface area contributed by atoms with Gasteiger partial charge in [-0.25, -0.2) is 0 Å². The minimum atomic E-state index is 0.214. The van der Waals surface area contributed by atoms with E-state index in [-0.39, 0.29) is 5.41 Å². The SMILES string of the molecule is CNC(C)C(C)(C)CN1CCCOc2ccccc21. The van der Waals surface area contributed by atoms with Gasteiger partial charge in [-0.1, -0.05) is 26.0 Å². The smallest absolute Gasteiger partial charge is 0.142 e. The Balaban J connectivity index is 2.20. The molecule has 1 aromatic carbocycles. The Labute approximate surface area is 116 Å². The van der Waals surface area contributed by atoms with E-state index in [1.165, 1.54) is 5.69 Å². The summed E-state index contributed by atoms with van der Waals surface area (Å²) in [6, 6.07) is 8.85. The van der Waals surface area contributed by atoms with Gasteiger partial charge in [-0.3, -0.25) is 0 Å². The van der Waals surface area contributed by atoms with Crippen molar-refractivity contribution in [3.05, 3.63) is 24.3 Å². The lowest BCUT2D eigenvalue weighted by atomic mass is 9.84. The van der Waals surface area contributed by atoms with Gasteiger partial charge in [0, 0.05) is 19.1 Å². The zero-order valence-electron chi connectivity index (χ0n) is 12.6. The second kappa shape index (κ2) is 5.83. The first-order valence-corrected chi connectivity index (χ1v) is 7.18. The zero-order valence-corrected chi connectivity index (χ0v) is 12.6. The normalized spacial score (nSPS) is 17.4. The van der Waals surface area contributed by atoms with Crippen molar-refractivity contribution in [2.24, 2.45) is 5.41 Å². The van der Waals surface area contributed by atoms with Crippen molar-refractivity contribution >= 4 is 5.69 Å². The molecule has 1 unspecified atom stereocenters. The first-order valence-electron chi connectivity index (χ1n) is 7.18. The molecule has 1 N–H and O–H groups in total. The third-order valence-corrected chi connectivity index (χ3v) is 4.24. The van der Waals surface area contributed by atoms with E-state index in [2.05, 4.69) is 49.2 Å². The molecule has 0 amide bonds. The first kappa shape index (κ1) is 14.2. The lowest BCUT2D eigenvalue weighted by Crippen LogP contribution is -2.46. The number of nitrogens with zero attached hydrogens (tertiary/aromatic N) is 1. The molecule has 1 heterocycles. The minimum absolute atomic E-state index is 0.214. The molecule has 0 saturated carbocycles. The summed E-state index contributed by atoms with van der Waals surface area (Å²) < 4.78 is 5.82. The number of hydrogen-bond acceptors (Lipinski definition) is 3. The summed E-state index contributed by atoms with van der Waals surface area (Å²) in [6.07, 6.45) is 1.08. The van der Waals surface area contributed by atoms with E-state index in [9.17, 15) is 0 Å². The van der Waals surface area contributed by atoms with Crippen LogP contribution in [0.4, 0.5) is 5.69 Å². The van der Waals surface area contributed by atoms with Gasteiger partial charge in [0.2, 0.25) is 0 Å². The molecule has 1 aliphatic heterocycles. The van der Waals surface area contributed by atoms with Gasteiger partial charge in [0.25, 0.3) is 0 Å². The van der Waals surface area contributed by atoms with Crippen LogP contribution in [0.3, 0.4) is 0 Å². The third-order valence-electron chi connectivity index (χ3n) is 4.24. The van der Waals surface area contributed by atoms with Crippen LogP contribution in [0.1, 0.15) is 27.2 Å². The maximum Gasteiger partial charge on any atom is 0.142 e.